The Labute approximate surface area is 177 Å². The molecule has 5 heteroatoms. The van der Waals surface area contributed by atoms with Crippen LogP contribution in [0.3, 0.4) is 0 Å². The number of methoxy groups -OCH3 is 1. The van der Waals surface area contributed by atoms with Gasteiger partial charge in [-0.2, -0.15) is 0 Å². The summed E-state index contributed by atoms with van der Waals surface area (Å²) in [6.45, 7) is 1.51. The Bertz CT molecular complexity index is 1130. The van der Waals surface area contributed by atoms with Crippen LogP contribution in [0.15, 0.2) is 73.1 Å². The molecule has 4 rings (SSSR count). The van der Waals surface area contributed by atoms with Gasteiger partial charge >= 0.3 is 0 Å². The van der Waals surface area contributed by atoms with E-state index in [-0.39, 0.29) is 0 Å². The molecule has 5 nitrogen and oxygen atoms in total. The van der Waals surface area contributed by atoms with Crippen molar-refractivity contribution in [3.8, 4) is 17.0 Å². The van der Waals surface area contributed by atoms with Gasteiger partial charge in [0.2, 0.25) is 0 Å². The molecule has 0 bridgehead atoms. The summed E-state index contributed by atoms with van der Waals surface area (Å²) in [5.41, 5.74) is 6.46. The largest absolute Gasteiger partial charge is 0.497 e. The molecule has 1 N–H and O–H groups in total. The second-order valence-electron chi connectivity index (χ2n) is 7.46. The number of nitrogens with zero attached hydrogens (tertiary/aromatic N) is 3. The van der Waals surface area contributed by atoms with Gasteiger partial charge in [0.05, 0.1) is 18.3 Å². The molecule has 30 heavy (non-hydrogen) atoms. The zero-order valence-electron chi connectivity index (χ0n) is 17.6. The van der Waals surface area contributed by atoms with Crippen molar-refractivity contribution < 1.29 is 4.74 Å². The Hall–Kier alpha value is -3.44. The SMILES string of the molecule is COc1ccc2cc(CNCc3ccc(N(C)C)cc3)c(-c3cccnc3)nc2c1. The number of benzene rings is 2. The van der Waals surface area contributed by atoms with E-state index in [9.17, 15) is 0 Å². The normalized spacial score (nSPS) is 10.9. The van der Waals surface area contributed by atoms with Gasteiger partial charge in [0.25, 0.3) is 0 Å². The molecule has 0 aliphatic carbocycles. The van der Waals surface area contributed by atoms with Gasteiger partial charge in [0.15, 0.2) is 0 Å². The van der Waals surface area contributed by atoms with E-state index in [0.29, 0.717) is 6.54 Å². The van der Waals surface area contributed by atoms with E-state index in [0.717, 1.165) is 40.0 Å². The van der Waals surface area contributed by atoms with Crippen LogP contribution in [0.2, 0.25) is 0 Å². The summed E-state index contributed by atoms with van der Waals surface area (Å²) < 4.78 is 5.37. The van der Waals surface area contributed by atoms with E-state index in [1.54, 1.807) is 13.3 Å². The fourth-order valence-electron chi connectivity index (χ4n) is 3.46. The lowest BCUT2D eigenvalue weighted by atomic mass is 10.0. The minimum absolute atomic E-state index is 0.717. The average Bonchev–Trinajstić information content (AvgIpc) is 2.79. The van der Waals surface area contributed by atoms with E-state index in [1.165, 1.54) is 11.3 Å². The lowest BCUT2D eigenvalue weighted by Gasteiger charge is -2.14. The number of nitrogens with one attached hydrogen (secondary N) is 1. The van der Waals surface area contributed by atoms with E-state index in [2.05, 4.69) is 65.7 Å². The van der Waals surface area contributed by atoms with Crippen LogP contribution in [0.5, 0.6) is 5.75 Å². The van der Waals surface area contributed by atoms with Crippen molar-refractivity contribution in [3.05, 3.63) is 84.2 Å². The summed E-state index contributed by atoms with van der Waals surface area (Å²) in [6.07, 6.45) is 3.64. The first kappa shape index (κ1) is 19.9. The summed E-state index contributed by atoms with van der Waals surface area (Å²) in [7, 11) is 5.78. The number of anilines is 1. The van der Waals surface area contributed by atoms with Crippen LogP contribution in [0.1, 0.15) is 11.1 Å². The van der Waals surface area contributed by atoms with E-state index >= 15 is 0 Å². The molecule has 0 aliphatic heterocycles. The maximum absolute atomic E-state index is 5.37. The van der Waals surface area contributed by atoms with Gasteiger partial charge in [0, 0.05) is 62.3 Å². The number of fused-ring (bicyclic) bond motifs is 1. The molecule has 0 saturated carbocycles. The van der Waals surface area contributed by atoms with Gasteiger partial charge in [-0.15, -0.1) is 0 Å². The Morgan fingerprint density at radius 3 is 2.50 bits per heavy atom. The maximum Gasteiger partial charge on any atom is 0.121 e. The third-order valence-electron chi connectivity index (χ3n) is 5.14. The predicted molar refractivity (Wildman–Crippen MR) is 123 cm³/mol. The molecule has 0 radical (unpaired) electrons. The van der Waals surface area contributed by atoms with Crippen molar-refractivity contribution in [3.63, 3.8) is 0 Å². The lowest BCUT2D eigenvalue weighted by molar-refractivity contribution is 0.415. The van der Waals surface area contributed by atoms with E-state index < -0.39 is 0 Å². The van der Waals surface area contributed by atoms with Crippen LogP contribution in [0.25, 0.3) is 22.2 Å². The molecule has 0 amide bonds. The van der Waals surface area contributed by atoms with Crippen LogP contribution in [0.4, 0.5) is 5.69 Å². The van der Waals surface area contributed by atoms with Gasteiger partial charge in [0.1, 0.15) is 5.75 Å². The fraction of sp³-hybridized carbons (Fsp3) is 0.200. The Morgan fingerprint density at radius 2 is 1.80 bits per heavy atom. The van der Waals surface area contributed by atoms with Crippen LogP contribution in [-0.4, -0.2) is 31.2 Å². The van der Waals surface area contributed by atoms with Gasteiger partial charge < -0.3 is 15.0 Å². The number of rotatable bonds is 7. The van der Waals surface area contributed by atoms with Crippen molar-refractivity contribution in [1.82, 2.24) is 15.3 Å². The van der Waals surface area contributed by atoms with Gasteiger partial charge in [-0.25, -0.2) is 4.98 Å². The van der Waals surface area contributed by atoms with Gasteiger partial charge in [-0.1, -0.05) is 12.1 Å². The molecule has 0 fully saturated rings. The third-order valence-corrected chi connectivity index (χ3v) is 5.14. The number of aromatic nitrogens is 2. The minimum Gasteiger partial charge on any atom is -0.497 e. The molecule has 0 atom stereocenters. The summed E-state index contributed by atoms with van der Waals surface area (Å²) in [5, 5.41) is 4.66. The van der Waals surface area contributed by atoms with Crippen LogP contribution in [-0.2, 0) is 13.1 Å². The van der Waals surface area contributed by atoms with Crippen molar-refractivity contribution in [2.45, 2.75) is 13.1 Å². The summed E-state index contributed by atoms with van der Waals surface area (Å²) in [5.74, 6) is 0.805. The quantitative estimate of drug-likeness (QED) is 0.491. The highest BCUT2D eigenvalue weighted by atomic mass is 16.5. The molecular weight excluding hydrogens is 372 g/mol. The van der Waals surface area contributed by atoms with Crippen molar-refractivity contribution >= 4 is 16.6 Å². The van der Waals surface area contributed by atoms with Gasteiger partial charge in [-0.05, 0) is 53.6 Å². The van der Waals surface area contributed by atoms with Crippen LogP contribution < -0.4 is 15.0 Å². The highest BCUT2D eigenvalue weighted by Crippen LogP contribution is 2.27. The number of pyridine rings is 2. The molecule has 2 aromatic heterocycles. The first-order valence-corrected chi connectivity index (χ1v) is 9.99. The highest BCUT2D eigenvalue weighted by molar-refractivity contribution is 5.84. The Balaban J connectivity index is 1.60. The Morgan fingerprint density at radius 1 is 0.967 bits per heavy atom. The summed E-state index contributed by atoms with van der Waals surface area (Å²) in [4.78, 5) is 11.3. The van der Waals surface area contributed by atoms with Gasteiger partial charge in [-0.3, -0.25) is 4.98 Å². The Kier molecular flexibility index (Phi) is 5.91. The zero-order valence-corrected chi connectivity index (χ0v) is 17.6. The van der Waals surface area contributed by atoms with Crippen molar-refractivity contribution in [2.75, 3.05) is 26.1 Å². The first-order chi connectivity index (χ1) is 14.6. The van der Waals surface area contributed by atoms with Crippen LogP contribution >= 0.6 is 0 Å². The van der Waals surface area contributed by atoms with Crippen LogP contribution in [0, 0.1) is 0 Å². The average molecular weight is 399 g/mol. The number of hydrogen-bond acceptors (Lipinski definition) is 5. The second-order valence-corrected chi connectivity index (χ2v) is 7.46. The lowest BCUT2D eigenvalue weighted by Crippen LogP contribution is -2.14. The molecule has 2 aromatic carbocycles. The third kappa shape index (κ3) is 4.42. The molecule has 0 unspecified atom stereocenters. The first-order valence-electron chi connectivity index (χ1n) is 9.99. The molecule has 4 aromatic rings. The summed E-state index contributed by atoms with van der Waals surface area (Å²) >= 11 is 0. The van der Waals surface area contributed by atoms with E-state index in [1.807, 2.05) is 30.5 Å². The molecule has 152 valence electrons. The predicted octanol–water partition coefficient (Wildman–Crippen LogP) is 4.66. The topological polar surface area (TPSA) is 50.3 Å². The van der Waals surface area contributed by atoms with Crippen molar-refractivity contribution in [1.29, 1.82) is 0 Å². The summed E-state index contributed by atoms with van der Waals surface area (Å²) in [6, 6.07) is 20.8. The fourth-order valence-corrected chi connectivity index (χ4v) is 3.46. The molecule has 2 heterocycles. The van der Waals surface area contributed by atoms with E-state index in [4.69, 9.17) is 9.72 Å². The van der Waals surface area contributed by atoms with Crippen molar-refractivity contribution in [2.24, 2.45) is 0 Å². The number of hydrogen-bond donors (Lipinski definition) is 1. The molecule has 0 aliphatic rings. The maximum atomic E-state index is 5.37. The molecular formula is C25H26N4O. The number of ether oxygens (including phenoxy) is 1. The second kappa shape index (κ2) is 8.93. The molecule has 0 spiro atoms. The highest BCUT2D eigenvalue weighted by Gasteiger charge is 2.10. The minimum atomic E-state index is 0.717. The monoisotopic (exact) mass is 398 g/mol. The smallest absolute Gasteiger partial charge is 0.121 e. The molecule has 0 saturated heterocycles. The zero-order chi connectivity index (χ0) is 20.9. The standard InChI is InChI=1S/C25H26N4O/c1-29(2)22-9-6-18(7-10-22)15-27-17-21-13-19-8-11-23(30-3)14-24(19)28-25(21)20-5-4-12-26-16-20/h4-14,16,27H,15,17H2,1-3H3.